The fourth-order valence-electron chi connectivity index (χ4n) is 2.96. The number of anilines is 1. The van der Waals surface area contributed by atoms with Crippen LogP contribution < -0.4 is 4.90 Å². The highest BCUT2D eigenvalue weighted by molar-refractivity contribution is 8.26. The zero-order valence-corrected chi connectivity index (χ0v) is 15.0. The molecule has 0 aromatic heterocycles. The quantitative estimate of drug-likeness (QED) is 0.642. The highest BCUT2D eigenvalue weighted by Gasteiger charge is 2.32. The second-order valence-electron chi connectivity index (χ2n) is 5.69. The Hall–Kier alpha value is -1.86. The number of carbonyl (C=O) groups is 2. The van der Waals surface area contributed by atoms with E-state index in [0.717, 1.165) is 25.1 Å². The third-order valence-corrected chi connectivity index (χ3v) is 5.58. The van der Waals surface area contributed by atoms with Crippen LogP contribution in [0.25, 0.3) is 6.08 Å². The summed E-state index contributed by atoms with van der Waals surface area (Å²) < 4.78 is 0.422. The monoisotopic (exact) mass is 362 g/mol. The first-order valence-electron chi connectivity index (χ1n) is 7.84. The van der Waals surface area contributed by atoms with E-state index in [9.17, 15) is 9.59 Å². The van der Waals surface area contributed by atoms with Gasteiger partial charge in [0.05, 0.1) is 11.3 Å². The molecule has 3 rings (SSSR count). The zero-order valence-electron chi connectivity index (χ0n) is 13.3. The van der Waals surface area contributed by atoms with Crippen LogP contribution in [0.1, 0.15) is 24.5 Å². The lowest BCUT2D eigenvalue weighted by Gasteiger charge is -2.16. The number of hydrogen-bond acceptors (Lipinski definition) is 5. The predicted octanol–water partition coefficient (Wildman–Crippen LogP) is 2.74. The van der Waals surface area contributed by atoms with E-state index in [1.165, 1.54) is 27.9 Å². The maximum atomic E-state index is 12.4. The van der Waals surface area contributed by atoms with Crippen LogP contribution in [0.3, 0.4) is 0 Å². The number of nitrogens with zero attached hydrogens (tertiary/aromatic N) is 2. The van der Waals surface area contributed by atoms with Gasteiger partial charge in [0.25, 0.3) is 5.91 Å². The molecule has 1 aromatic carbocycles. The predicted molar refractivity (Wildman–Crippen MR) is 100 cm³/mol. The van der Waals surface area contributed by atoms with Crippen molar-refractivity contribution in [3.05, 3.63) is 34.2 Å². The van der Waals surface area contributed by atoms with Gasteiger partial charge in [0.2, 0.25) is 0 Å². The van der Waals surface area contributed by atoms with Crippen LogP contribution in [-0.2, 0) is 16.0 Å². The van der Waals surface area contributed by atoms with Crippen molar-refractivity contribution in [2.45, 2.75) is 19.8 Å². The Balaban J connectivity index is 1.79. The molecule has 0 unspecified atom stereocenters. The number of aliphatic carboxylic acids is 1. The highest BCUT2D eigenvalue weighted by atomic mass is 32.2. The molecule has 2 aliphatic rings. The standard InChI is InChI=1S/C17H18N2O3S2/c1-2-18-7-5-12-9-11(3-4-13(12)18)10-14-16(22)19(17(23)24-14)8-6-15(20)21/h3-4,9-10H,2,5-8H2,1H3,(H,20,21). The number of amides is 1. The average molecular weight is 362 g/mol. The maximum Gasteiger partial charge on any atom is 0.305 e. The van der Waals surface area contributed by atoms with Crippen molar-refractivity contribution in [2.24, 2.45) is 0 Å². The lowest BCUT2D eigenvalue weighted by atomic mass is 10.1. The number of thiocarbonyl (C=S) groups is 1. The molecular formula is C17H18N2O3S2. The largest absolute Gasteiger partial charge is 0.481 e. The van der Waals surface area contributed by atoms with E-state index in [1.54, 1.807) is 0 Å². The van der Waals surface area contributed by atoms with Gasteiger partial charge in [-0.05, 0) is 42.7 Å². The molecule has 126 valence electrons. The van der Waals surface area contributed by atoms with Crippen LogP contribution in [0.5, 0.6) is 0 Å². The van der Waals surface area contributed by atoms with Crippen molar-refractivity contribution >= 4 is 51.9 Å². The molecule has 5 nitrogen and oxygen atoms in total. The minimum Gasteiger partial charge on any atom is -0.481 e. The molecule has 1 amide bonds. The Kier molecular flexibility index (Phi) is 4.91. The lowest BCUT2D eigenvalue weighted by Crippen LogP contribution is -2.30. The van der Waals surface area contributed by atoms with Crippen LogP contribution in [0.2, 0.25) is 0 Å². The summed E-state index contributed by atoms with van der Waals surface area (Å²) in [5.41, 5.74) is 3.54. The third-order valence-electron chi connectivity index (χ3n) is 4.20. The normalized spacial score (nSPS) is 18.6. The molecule has 7 heteroatoms. The smallest absolute Gasteiger partial charge is 0.305 e. The summed E-state index contributed by atoms with van der Waals surface area (Å²) in [6.07, 6.45) is 2.75. The van der Waals surface area contributed by atoms with Gasteiger partial charge in [-0.25, -0.2) is 0 Å². The first-order valence-corrected chi connectivity index (χ1v) is 9.07. The van der Waals surface area contributed by atoms with Gasteiger partial charge in [-0.2, -0.15) is 0 Å². The van der Waals surface area contributed by atoms with Gasteiger partial charge < -0.3 is 10.0 Å². The van der Waals surface area contributed by atoms with E-state index in [-0.39, 0.29) is 18.9 Å². The summed E-state index contributed by atoms with van der Waals surface area (Å²) in [6, 6.07) is 6.23. The fourth-order valence-corrected chi connectivity index (χ4v) is 4.27. The van der Waals surface area contributed by atoms with Crippen LogP contribution in [0, 0.1) is 0 Å². The molecular weight excluding hydrogens is 344 g/mol. The molecule has 0 spiro atoms. The van der Waals surface area contributed by atoms with Crippen LogP contribution in [0.4, 0.5) is 5.69 Å². The number of carbonyl (C=O) groups excluding carboxylic acids is 1. The van der Waals surface area contributed by atoms with Crippen molar-refractivity contribution in [3.8, 4) is 0 Å². The number of thioether (sulfide) groups is 1. The minimum atomic E-state index is -0.938. The summed E-state index contributed by atoms with van der Waals surface area (Å²) in [7, 11) is 0. The van der Waals surface area contributed by atoms with Gasteiger partial charge in [0.15, 0.2) is 0 Å². The first kappa shape index (κ1) is 17.0. The SMILES string of the molecule is CCN1CCc2cc(C=C3SC(=S)N(CCC(=O)O)C3=O)ccc21. The van der Waals surface area contributed by atoms with Gasteiger partial charge in [-0.15, -0.1) is 0 Å². The molecule has 0 aliphatic carbocycles. The number of fused-ring (bicyclic) bond motifs is 1. The number of carboxylic acid groups (broad SMARTS) is 1. The van der Waals surface area contributed by atoms with Crippen LogP contribution in [0.15, 0.2) is 23.1 Å². The number of hydrogen-bond donors (Lipinski definition) is 1. The van der Waals surface area contributed by atoms with Crippen LogP contribution in [-0.4, -0.2) is 45.8 Å². The molecule has 0 bridgehead atoms. The lowest BCUT2D eigenvalue weighted by molar-refractivity contribution is -0.137. The molecule has 1 saturated heterocycles. The Morgan fingerprint density at radius 3 is 2.96 bits per heavy atom. The topological polar surface area (TPSA) is 60.9 Å². The molecule has 24 heavy (non-hydrogen) atoms. The van der Waals surface area contributed by atoms with Gasteiger partial charge in [-0.1, -0.05) is 30.0 Å². The molecule has 0 atom stereocenters. The van der Waals surface area contributed by atoms with E-state index < -0.39 is 5.97 Å². The van der Waals surface area contributed by atoms with E-state index in [4.69, 9.17) is 17.3 Å². The number of benzene rings is 1. The summed E-state index contributed by atoms with van der Waals surface area (Å²) >= 11 is 6.43. The summed E-state index contributed by atoms with van der Waals surface area (Å²) in [5, 5.41) is 8.77. The number of likely N-dealkylation sites (N-methyl/N-ethyl adjacent to an activating group) is 1. The molecule has 0 radical (unpaired) electrons. The van der Waals surface area contributed by atoms with Crippen molar-refractivity contribution in [2.75, 3.05) is 24.5 Å². The number of carboxylic acids is 1. The Morgan fingerprint density at radius 2 is 2.25 bits per heavy atom. The Morgan fingerprint density at radius 1 is 1.46 bits per heavy atom. The van der Waals surface area contributed by atoms with E-state index in [2.05, 4.69) is 24.0 Å². The minimum absolute atomic E-state index is 0.106. The van der Waals surface area contributed by atoms with Crippen molar-refractivity contribution in [3.63, 3.8) is 0 Å². The van der Waals surface area contributed by atoms with Crippen molar-refractivity contribution in [1.82, 2.24) is 4.90 Å². The first-order chi connectivity index (χ1) is 11.5. The Bertz CT molecular complexity index is 745. The van der Waals surface area contributed by atoms with Gasteiger partial charge in [-0.3, -0.25) is 14.5 Å². The van der Waals surface area contributed by atoms with Gasteiger partial charge in [0, 0.05) is 25.3 Å². The average Bonchev–Trinajstić information content (AvgIpc) is 3.06. The molecule has 1 N–H and O–H groups in total. The van der Waals surface area contributed by atoms with Gasteiger partial charge in [0.1, 0.15) is 4.32 Å². The second kappa shape index (κ2) is 6.94. The molecule has 0 saturated carbocycles. The van der Waals surface area contributed by atoms with E-state index in [1.807, 2.05) is 12.1 Å². The summed E-state index contributed by atoms with van der Waals surface area (Å²) in [4.78, 5) is 27.4. The fraction of sp³-hybridized carbons (Fsp3) is 0.353. The molecule has 2 aliphatic heterocycles. The van der Waals surface area contributed by atoms with E-state index >= 15 is 0 Å². The number of rotatable bonds is 5. The zero-order chi connectivity index (χ0) is 17.3. The van der Waals surface area contributed by atoms with Crippen LogP contribution >= 0.6 is 24.0 Å². The molecule has 2 heterocycles. The molecule has 1 aromatic rings. The second-order valence-corrected chi connectivity index (χ2v) is 7.37. The summed E-state index contributed by atoms with van der Waals surface area (Å²) in [5.74, 6) is -1.14. The molecule has 1 fully saturated rings. The summed E-state index contributed by atoms with van der Waals surface area (Å²) in [6.45, 7) is 4.29. The van der Waals surface area contributed by atoms with Crippen molar-refractivity contribution < 1.29 is 14.7 Å². The third kappa shape index (κ3) is 3.32. The highest BCUT2D eigenvalue weighted by Crippen LogP contribution is 2.34. The Labute approximate surface area is 150 Å². The maximum absolute atomic E-state index is 12.4. The van der Waals surface area contributed by atoms with Gasteiger partial charge >= 0.3 is 5.97 Å². The van der Waals surface area contributed by atoms with Crippen molar-refractivity contribution in [1.29, 1.82) is 0 Å². The van der Waals surface area contributed by atoms with E-state index in [0.29, 0.717) is 9.23 Å².